The van der Waals surface area contributed by atoms with Gasteiger partial charge in [-0.15, -0.1) is 0 Å². The zero-order chi connectivity index (χ0) is 12.7. The second-order valence-electron chi connectivity index (χ2n) is 3.75. The van der Waals surface area contributed by atoms with Gasteiger partial charge in [0.2, 0.25) is 5.91 Å². The maximum Gasteiger partial charge on any atom is 0.244 e. The van der Waals surface area contributed by atoms with Crippen molar-refractivity contribution in [3.8, 4) is 0 Å². The van der Waals surface area contributed by atoms with Gasteiger partial charge in [-0.1, -0.05) is 0 Å². The highest BCUT2D eigenvalue weighted by Gasteiger charge is 2.04. The molecule has 0 saturated heterocycles. The summed E-state index contributed by atoms with van der Waals surface area (Å²) >= 11 is 2.07. The maximum absolute atomic E-state index is 11.5. The SMILES string of the molecule is CC(CCCO)NC(=O)/C=C/c1ccc(I)o1. The van der Waals surface area contributed by atoms with Gasteiger partial charge < -0.3 is 14.8 Å². The van der Waals surface area contributed by atoms with Gasteiger partial charge in [0.25, 0.3) is 0 Å². The van der Waals surface area contributed by atoms with E-state index < -0.39 is 0 Å². The maximum atomic E-state index is 11.5. The summed E-state index contributed by atoms with van der Waals surface area (Å²) < 4.78 is 6.08. The van der Waals surface area contributed by atoms with Crippen molar-refractivity contribution >= 4 is 34.6 Å². The highest BCUT2D eigenvalue weighted by molar-refractivity contribution is 14.1. The molecule has 1 heterocycles. The fourth-order valence-electron chi connectivity index (χ4n) is 1.34. The molecule has 2 N–H and O–H groups in total. The van der Waals surface area contributed by atoms with Gasteiger partial charge in [-0.2, -0.15) is 0 Å². The van der Waals surface area contributed by atoms with Crippen LogP contribution in [-0.4, -0.2) is 23.7 Å². The normalized spacial score (nSPS) is 12.9. The topological polar surface area (TPSA) is 62.5 Å². The van der Waals surface area contributed by atoms with E-state index in [1.54, 1.807) is 12.1 Å². The third kappa shape index (κ3) is 5.88. The lowest BCUT2D eigenvalue weighted by molar-refractivity contribution is -0.117. The minimum absolute atomic E-state index is 0.0658. The molecule has 5 heteroatoms. The van der Waals surface area contributed by atoms with Gasteiger partial charge in [-0.25, -0.2) is 0 Å². The molecule has 1 rings (SSSR count). The lowest BCUT2D eigenvalue weighted by Crippen LogP contribution is -2.31. The molecule has 0 aliphatic heterocycles. The summed E-state index contributed by atoms with van der Waals surface area (Å²) in [7, 11) is 0. The Hall–Kier alpha value is -0.820. The molecule has 17 heavy (non-hydrogen) atoms. The average molecular weight is 349 g/mol. The first-order valence-electron chi connectivity index (χ1n) is 5.46. The van der Waals surface area contributed by atoms with Crippen LogP contribution in [0.5, 0.6) is 0 Å². The molecule has 0 fully saturated rings. The van der Waals surface area contributed by atoms with Crippen LogP contribution in [0.3, 0.4) is 0 Å². The van der Waals surface area contributed by atoms with Gasteiger partial charge in [0.05, 0.1) is 0 Å². The highest BCUT2D eigenvalue weighted by Crippen LogP contribution is 2.11. The molecule has 1 unspecified atom stereocenters. The minimum atomic E-state index is -0.151. The van der Waals surface area contributed by atoms with Gasteiger partial charge in [0.15, 0.2) is 3.77 Å². The lowest BCUT2D eigenvalue weighted by Gasteiger charge is -2.10. The fraction of sp³-hybridized carbons (Fsp3) is 0.417. The van der Waals surface area contributed by atoms with E-state index in [-0.39, 0.29) is 18.6 Å². The summed E-state index contributed by atoms with van der Waals surface area (Å²) in [5.74, 6) is 0.509. The first-order valence-corrected chi connectivity index (χ1v) is 6.54. The molecule has 1 aromatic heterocycles. The van der Waals surface area contributed by atoms with Crippen molar-refractivity contribution in [3.63, 3.8) is 0 Å². The smallest absolute Gasteiger partial charge is 0.244 e. The fourth-order valence-corrected chi connectivity index (χ4v) is 1.77. The Kier molecular flexibility index (Phi) is 6.28. The number of halogens is 1. The third-order valence-electron chi connectivity index (χ3n) is 2.18. The van der Waals surface area contributed by atoms with E-state index in [0.717, 1.165) is 10.2 Å². The molecule has 0 radical (unpaired) electrons. The van der Waals surface area contributed by atoms with Crippen LogP contribution in [-0.2, 0) is 4.79 Å². The molecular formula is C12H16INO3. The van der Waals surface area contributed by atoms with Crippen molar-refractivity contribution in [3.05, 3.63) is 27.7 Å². The highest BCUT2D eigenvalue weighted by atomic mass is 127. The standard InChI is InChI=1S/C12H16INO3/c1-9(3-2-8-15)14-12(16)7-5-10-4-6-11(13)17-10/h4-7,9,15H,2-3,8H2,1H3,(H,14,16)/b7-5+. The molecular weight excluding hydrogens is 333 g/mol. The lowest BCUT2D eigenvalue weighted by atomic mass is 10.2. The first-order chi connectivity index (χ1) is 8.11. The van der Waals surface area contributed by atoms with Crippen molar-refractivity contribution in [1.29, 1.82) is 0 Å². The molecule has 0 saturated carbocycles. The van der Waals surface area contributed by atoms with E-state index in [9.17, 15) is 4.79 Å². The van der Waals surface area contributed by atoms with Crippen LogP contribution in [0.25, 0.3) is 6.08 Å². The summed E-state index contributed by atoms with van der Waals surface area (Å²) in [5.41, 5.74) is 0. The molecule has 1 amide bonds. The largest absolute Gasteiger partial charge is 0.451 e. The van der Waals surface area contributed by atoms with Crippen LogP contribution in [0.4, 0.5) is 0 Å². The van der Waals surface area contributed by atoms with Crippen LogP contribution >= 0.6 is 22.6 Å². The number of aliphatic hydroxyl groups excluding tert-OH is 1. The molecule has 0 bridgehead atoms. The molecule has 0 aliphatic carbocycles. The van der Waals surface area contributed by atoms with Gasteiger partial charge in [-0.3, -0.25) is 4.79 Å². The number of aliphatic hydroxyl groups is 1. The van der Waals surface area contributed by atoms with Crippen LogP contribution in [0.2, 0.25) is 0 Å². The van der Waals surface area contributed by atoms with Crippen LogP contribution < -0.4 is 5.32 Å². The van der Waals surface area contributed by atoms with Crippen LogP contribution in [0.15, 0.2) is 22.6 Å². The number of carbonyl (C=O) groups excluding carboxylic acids is 1. The summed E-state index contributed by atoms with van der Waals surface area (Å²) in [4.78, 5) is 11.5. The van der Waals surface area contributed by atoms with E-state index in [1.807, 2.05) is 13.0 Å². The van der Waals surface area contributed by atoms with Crippen molar-refractivity contribution in [2.75, 3.05) is 6.61 Å². The van der Waals surface area contributed by atoms with E-state index in [4.69, 9.17) is 9.52 Å². The van der Waals surface area contributed by atoms with Crippen LogP contribution in [0, 0.1) is 3.77 Å². The number of carbonyl (C=O) groups is 1. The molecule has 94 valence electrons. The first kappa shape index (κ1) is 14.2. The van der Waals surface area contributed by atoms with Crippen molar-refractivity contribution in [1.82, 2.24) is 5.32 Å². The molecule has 1 atom stereocenters. The number of hydrogen-bond donors (Lipinski definition) is 2. The van der Waals surface area contributed by atoms with Gasteiger partial charge >= 0.3 is 0 Å². The Morgan fingerprint density at radius 1 is 1.65 bits per heavy atom. The Balaban J connectivity index is 2.36. The monoisotopic (exact) mass is 349 g/mol. The van der Waals surface area contributed by atoms with Gasteiger partial charge in [-0.05, 0) is 60.6 Å². The Bertz CT molecular complexity index is 387. The van der Waals surface area contributed by atoms with Crippen molar-refractivity contribution < 1.29 is 14.3 Å². The number of furan rings is 1. The molecule has 0 aliphatic rings. The number of amides is 1. The van der Waals surface area contributed by atoms with Gasteiger partial charge in [0, 0.05) is 18.7 Å². The second-order valence-corrected chi connectivity index (χ2v) is 4.81. The number of hydrogen-bond acceptors (Lipinski definition) is 3. The third-order valence-corrected chi connectivity index (χ3v) is 2.76. The molecule has 4 nitrogen and oxygen atoms in total. The van der Waals surface area contributed by atoms with E-state index in [1.165, 1.54) is 6.08 Å². The zero-order valence-electron chi connectivity index (χ0n) is 9.65. The van der Waals surface area contributed by atoms with E-state index in [2.05, 4.69) is 27.9 Å². The minimum Gasteiger partial charge on any atom is -0.451 e. The summed E-state index contributed by atoms with van der Waals surface area (Å²) in [5, 5.41) is 11.5. The quantitative estimate of drug-likeness (QED) is 0.611. The van der Waals surface area contributed by atoms with E-state index >= 15 is 0 Å². The van der Waals surface area contributed by atoms with Crippen molar-refractivity contribution in [2.45, 2.75) is 25.8 Å². The predicted molar refractivity (Wildman–Crippen MR) is 74.4 cm³/mol. The predicted octanol–water partition coefficient (Wildman–Crippen LogP) is 2.17. The Morgan fingerprint density at radius 3 is 3.00 bits per heavy atom. The van der Waals surface area contributed by atoms with E-state index in [0.29, 0.717) is 12.2 Å². The molecule has 1 aromatic rings. The summed E-state index contributed by atoms with van der Waals surface area (Å²) in [6.07, 6.45) is 4.55. The Morgan fingerprint density at radius 2 is 2.41 bits per heavy atom. The molecule has 0 spiro atoms. The second kappa shape index (κ2) is 7.50. The summed E-state index contributed by atoms with van der Waals surface area (Å²) in [6.45, 7) is 2.07. The summed E-state index contributed by atoms with van der Waals surface area (Å²) in [6, 6.07) is 3.71. The van der Waals surface area contributed by atoms with Gasteiger partial charge in [0.1, 0.15) is 5.76 Å². The number of rotatable bonds is 6. The van der Waals surface area contributed by atoms with Crippen LogP contribution in [0.1, 0.15) is 25.5 Å². The molecule has 0 aromatic carbocycles. The Labute approximate surface area is 114 Å². The zero-order valence-corrected chi connectivity index (χ0v) is 11.8. The number of nitrogens with one attached hydrogen (secondary N) is 1. The average Bonchev–Trinajstić information content (AvgIpc) is 2.70. The van der Waals surface area contributed by atoms with Crippen molar-refractivity contribution in [2.24, 2.45) is 0 Å².